The van der Waals surface area contributed by atoms with Gasteiger partial charge in [0, 0.05) is 29.4 Å². The van der Waals surface area contributed by atoms with Gasteiger partial charge in [-0.1, -0.05) is 70.0 Å². The fraction of sp³-hybridized carbons (Fsp3) is 0.500. The molecule has 42 heavy (non-hydrogen) atoms. The number of piperidine rings is 1. The molecule has 1 heterocycles. The predicted octanol–water partition coefficient (Wildman–Crippen LogP) is 7.67. The molecule has 0 aromatic heterocycles. The summed E-state index contributed by atoms with van der Waals surface area (Å²) in [6.45, 7) is 11.0. The normalized spacial score (nSPS) is 23.8. The average Bonchev–Trinajstić information content (AvgIpc) is 3.38. The van der Waals surface area contributed by atoms with Crippen LogP contribution in [0.1, 0.15) is 94.1 Å². The molecule has 2 aromatic rings. The van der Waals surface area contributed by atoms with Crippen molar-refractivity contribution in [1.29, 1.82) is 0 Å². The molecule has 2 amide bonds. The molecule has 2 aliphatic carbocycles. The fourth-order valence-corrected chi connectivity index (χ4v) is 7.03. The standard InChI is InChI=1S/C36H46FN3O2/c1-24-11-8-15-30(37)31(24)34(42)40-22-10-14-29(33(41)38-28-13-9-12-26(23-28)35(2,3)4)32(40)25-16-18-27(19-17-25)39-36(5)20-6-7-21-36/h8-9,11-13,15-16,18-19,23,25,29,32,39H,6-7,10,14,17,20-22H2,1-5H3,(H,38,41)/t25?,29-,32-/m0/s1. The van der Waals surface area contributed by atoms with Crippen LogP contribution >= 0.6 is 0 Å². The van der Waals surface area contributed by atoms with E-state index in [-0.39, 0.29) is 40.3 Å². The first-order valence-corrected chi connectivity index (χ1v) is 15.6. The summed E-state index contributed by atoms with van der Waals surface area (Å²) in [6, 6.07) is 12.4. The van der Waals surface area contributed by atoms with Crippen LogP contribution in [0.3, 0.4) is 0 Å². The van der Waals surface area contributed by atoms with Crippen LogP contribution in [0.4, 0.5) is 10.1 Å². The van der Waals surface area contributed by atoms with Gasteiger partial charge < -0.3 is 15.5 Å². The molecule has 3 atom stereocenters. The predicted molar refractivity (Wildman–Crippen MR) is 168 cm³/mol. The Hall–Kier alpha value is -3.41. The number of rotatable bonds is 6. The lowest BCUT2D eigenvalue weighted by molar-refractivity contribution is -0.123. The highest BCUT2D eigenvalue weighted by Crippen LogP contribution is 2.37. The average molecular weight is 572 g/mol. The number of benzene rings is 2. The lowest BCUT2D eigenvalue weighted by Crippen LogP contribution is -2.55. The van der Waals surface area contributed by atoms with Crippen molar-refractivity contribution in [2.75, 3.05) is 11.9 Å². The Kier molecular flexibility index (Phi) is 8.63. The summed E-state index contributed by atoms with van der Waals surface area (Å²) < 4.78 is 15.0. The Morgan fingerprint density at radius 2 is 1.79 bits per heavy atom. The van der Waals surface area contributed by atoms with E-state index in [1.807, 2.05) is 18.2 Å². The lowest BCUT2D eigenvalue weighted by atomic mass is 9.77. The van der Waals surface area contributed by atoms with Crippen molar-refractivity contribution in [1.82, 2.24) is 10.2 Å². The topological polar surface area (TPSA) is 61.4 Å². The van der Waals surface area contributed by atoms with Gasteiger partial charge in [-0.2, -0.15) is 0 Å². The molecule has 2 fully saturated rings. The zero-order valence-corrected chi connectivity index (χ0v) is 25.8. The van der Waals surface area contributed by atoms with Crippen LogP contribution < -0.4 is 10.6 Å². The van der Waals surface area contributed by atoms with E-state index in [1.54, 1.807) is 24.0 Å². The maximum absolute atomic E-state index is 15.0. The van der Waals surface area contributed by atoms with Crippen LogP contribution in [0.25, 0.3) is 0 Å². The van der Waals surface area contributed by atoms with Gasteiger partial charge in [0.25, 0.3) is 5.91 Å². The first-order valence-electron chi connectivity index (χ1n) is 15.6. The van der Waals surface area contributed by atoms with Gasteiger partial charge in [0.05, 0.1) is 17.5 Å². The highest BCUT2D eigenvalue weighted by molar-refractivity contribution is 5.98. The summed E-state index contributed by atoms with van der Waals surface area (Å²) in [7, 11) is 0. The van der Waals surface area contributed by atoms with E-state index >= 15 is 4.39 Å². The van der Waals surface area contributed by atoms with E-state index in [2.05, 4.69) is 62.6 Å². The molecule has 5 nitrogen and oxygen atoms in total. The zero-order valence-electron chi connectivity index (χ0n) is 25.8. The van der Waals surface area contributed by atoms with E-state index in [0.717, 1.165) is 29.8 Å². The molecule has 5 rings (SSSR count). The van der Waals surface area contributed by atoms with Gasteiger partial charge in [0.1, 0.15) is 5.82 Å². The van der Waals surface area contributed by atoms with E-state index in [9.17, 15) is 9.59 Å². The van der Waals surface area contributed by atoms with Crippen molar-refractivity contribution in [3.05, 3.63) is 88.9 Å². The second-order valence-electron chi connectivity index (χ2n) is 13.8. The highest BCUT2D eigenvalue weighted by atomic mass is 19.1. The van der Waals surface area contributed by atoms with Gasteiger partial charge in [-0.3, -0.25) is 9.59 Å². The number of nitrogens with one attached hydrogen (secondary N) is 2. The molecular formula is C36H46FN3O2. The number of halogens is 1. The third kappa shape index (κ3) is 6.48. The highest BCUT2D eigenvalue weighted by Gasteiger charge is 2.43. The SMILES string of the molecule is Cc1cccc(F)c1C(=O)N1CCC[C@H](C(=O)Nc2cccc(C(C)(C)C)c2)[C@@H]1C1C=CC(NC2(C)CCCC2)=CC1. The second-order valence-corrected chi connectivity index (χ2v) is 13.8. The molecular weight excluding hydrogens is 525 g/mol. The Balaban J connectivity index is 1.43. The molecule has 6 heteroatoms. The molecule has 0 radical (unpaired) electrons. The van der Waals surface area contributed by atoms with Crippen molar-refractivity contribution in [2.45, 2.75) is 96.6 Å². The van der Waals surface area contributed by atoms with E-state index in [1.165, 1.54) is 18.9 Å². The number of allylic oxidation sites excluding steroid dienone is 2. The van der Waals surface area contributed by atoms with Crippen LogP contribution in [-0.2, 0) is 10.2 Å². The summed E-state index contributed by atoms with van der Waals surface area (Å²) in [4.78, 5) is 29.8. The van der Waals surface area contributed by atoms with Crippen LogP contribution in [0.15, 0.2) is 66.4 Å². The molecule has 1 unspecified atom stereocenters. The van der Waals surface area contributed by atoms with Gasteiger partial charge in [0.15, 0.2) is 0 Å². The Bertz CT molecular complexity index is 1360. The molecule has 3 aliphatic rings. The molecule has 1 saturated carbocycles. The minimum absolute atomic E-state index is 0.0461. The van der Waals surface area contributed by atoms with Crippen molar-refractivity contribution in [2.24, 2.45) is 11.8 Å². The van der Waals surface area contributed by atoms with Crippen LogP contribution in [0.5, 0.6) is 0 Å². The maximum atomic E-state index is 15.0. The van der Waals surface area contributed by atoms with Crippen LogP contribution in [-0.4, -0.2) is 34.8 Å². The summed E-state index contributed by atoms with van der Waals surface area (Å²) in [5.41, 5.74) is 3.79. The quantitative estimate of drug-likeness (QED) is 0.374. The first-order chi connectivity index (χ1) is 19.9. The second kappa shape index (κ2) is 12.1. The monoisotopic (exact) mass is 571 g/mol. The smallest absolute Gasteiger partial charge is 0.257 e. The number of nitrogens with zero attached hydrogens (tertiary/aromatic N) is 1. The maximum Gasteiger partial charge on any atom is 0.257 e. The zero-order chi connectivity index (χ0) is 30.1. The fourth-order valence-electron chi connectivity index (χ4n) is 7.03. The number of hydrogen-bond acceptors (Lipinski definition) is 3. The van der Waals surface area contributed by atoms with Gasteiger partial charge in [0.2, 0.25) is 5.91 Å². The summed E-state index contributed by atoms with van der Waals surface area (Å²) >= 11 is 0. The summed E-state index contributed by atoms with van der Waals surface area (Å²) in [5, 5.41) is 6.92. The number of anilines is 1. The molecule has 1 aliphatic heterocycles. The largest absolute Gasteiger partial charge is 0.380 e. The molecule has 0 spiro atoms. The number of aryl methyl sites for hydroxylation is 1. The Labute approximate surface area is 250 Å². The number of carbonyl (C=O) groups excluding carboxylic acids is 2. The van der Waals surface area contributed by atoms with Gasteiger partial charge in [-0.25, -0.2) is 4.39 Å². The number of likely N-dealkylation sites (tertiary alicyclic amines) is 1. The summed E-state index contributed by atoms with van der Waals surface area (Å²) in [5.74, 6) is -1.41. The number of hydrogen-bond donors (Lipinski definition) is 2. The Morgan fingerprint density at radius 1 is 1.05 bits per heavy atom. The minimum atomic E-state index is -0.514. The number of carbonyl (C=O) groups is 2. The van der Waals surface area contributed by atoms with E-state index in [0.29, 0.717) is 31.4 Å². The van der Waals surface area contributed by atoms with Gasteiger partial charge in [-0.15, -0.1) is 0 Å². The lowest BCUT2D eigenvalue weighted by Gasteiger charge is -2.44. The first kappa shape index (κ1) is 30.1. The van der Waals surface area contributed by atoms with Crippen molar-refractivity contribution in [3.63, 3.8) is 0 Å². The molecule has 0 bridgehead atoms. The third-order valence-corrected chi connectivity index (χ3v) is 9.44. The molecule has 1 saturated heterocycles. The van der Waals surface area contributed by atoms with Crippen molar-refractivity contribution in [3.8, 4) is 0 Å². The molecule has 2 N–H and O–H groups in total. The van der Waals surface area contributed by atoms with Crippen molar-refractivity contribution < 1.29 is 14.0 Å². The van der Waals surface area contributed by atoms with Crippen molar-refractivity contribution >= 4 is 17.5 Å². The Morgan fingerprint density at radius 3 is 2.45 bits per heavy atom. The van der Waals surface area contributed by atoms with E-state index in [4.69, 9.17) is 0 Å². The molecule has 2 aromatic carbocycles. The van der Waals surface area contributed by atoms with Crippen LogP contribution in [0, 0.1) is 24.6 Å². The van der Waals surface area contributed by atoms with E-state index < -0.39 is 11.7 Å². The van der Waals surface area contributed by atoms with Crippen LogP contribution in [0.2, 0.25) is 0 Å². The number of amides is 2. The molecule has 224 valence electrons. The summed E-state index contributed by atoms with van der Waals surface area (Å²) in [6.07, 6.45) is 13.4. The minimum Gasteiger partial charge on any atom is -0.380 e. The van der Waals surface area contributed by atoms with Gasteiger partial charge in [-0.05, 0) is 86.8 Å². The third-order valence-electron chi connectivity index (χ3n) is 9.44. The van der Waals surface area contributed by atoms with Gasteiger partial charge >= 0.3 is 0 Å².